The molecular weight excluding hydrogens is 203 g/mol. The van der Waals surface area contributed by atoms with E-state index in [2.05, 4.69) is 4.84 Å². The van der Waals surface area contributed by atoms with Crippen molar-refractivity contribution in [2.45, 2.75) is 0 Å². The first kappa shape index (κ1) is 9.09. The number of nitrogens with zero attached hydrogens (tertiary/aromatic N) is 1. The summed E-state index contributed by atoms with van der Waals surface area (Å²) in [6.07, 6.45) is 0. The first-order chi connectivity index (χ1) is 5.66. The summed E-state index contributed by atoms with van der Waals surface area (Å²) in [6.45, 7) is 0. The van der Waals surface area contributed by atoms with Crippen molar-refractivity contribution in [2.75, 3.05) is 4.84 Å². The van der Waals surface area contributed by atoms with E-state index in [0.29, 0.717) is 0 Å². The molecule has 64 valence electrons. The van der Waals surface area contributed by atoms with E-state index in [1.165, 1.54) is 12.1 Å². The fraction of sp³-hybridized carbons (Fsp3) is 0. The van der Waals surface area contributed by atoms with Gasteiger partial charge in [0.2, 0.25) is 0 Å². The summed E-state index contributed by atoms with van der Waals surface area (Å²) in [5.74, 6) is 0. The lowest BCUT2D eigenvalue weighted by Crippen LogP contribution is -1.93. The minimum Gasteiger partial charge on any atom is -0.292 e. The number of halogens is 2. The molecule has 0 saturated heterocycles. The number of nitro groups is 1. The van der Waals surface area contributed by atoms with Crippen LogP contribution in [0.1, 0.15) is 0 Å². The van der Waals surface area contributed by atoms with Crippen LogP contribution in [-0.2, 0) is 0 Å². The van der Waals surface area contributed by atoms with E-state index in [0.717, 1.165) is 0 Å². The molecule has 6 heteroatoms. The molecule has 0 fully saturated rings. The summed E-state index contributed by atoms with van der Waals surface area (Å²) >= 11 is 10.8. The Kier molecular flexibility index (Phi) is 2.73. The maximum Gasteiger partial charge on any atom is 0.311 e. The van der Waals surface area contributed by atoms with Crippen molar-refractivity contribution in [2.24, 2.45) is 0 Å². The average molecular weight is 207 g/mol. The van der Waals surface area contributed by atoms with Crippen molar-refractivity contribution in [1.29, 1.82) is 0 Å². The lowest BCUT2D eigenvalue weighted by Gasteiger charge is -2.00. The normalized spacial score (nSPS) is 9.50. The largest absolute Gasteiger partial charge is 0.311 e. The van der Waals surface area contributed by atoms with E-state index in [1.54, 1.807) is 6.07 Å². The van der Waals surface area contributed by atoms with Gasteiger partial charge < -0.3 is 0 Å². The van der Waals surface area contributed by atoms with E-state index in [9.17, 15) is 10.1 Å². The quantitative estimate of drug-likeness (QED) is 0.460. The molecule has 0 aromatic heterocycles. The lowest BCUT2D eigenvalue weighted by atomic mass is 10.3. The van der Waals surface area contributed by atoms with Crippen LogP contribution < -0.4 is 4.84 Å². The van der Waals surface area contributed by atoms with Gasteiger partial charge in [0.25, 0.3) is 0 Å². The third-order valence-electron chi connectivity index (χ3n) is 1.27. The smallest absolute Gasteiger partial charge is 0.292 e. The second-order valence-electron chi connectivity index (χ2n) is 1.99. The number of hydrogen-bond donors (Lipinski definition) is 1. The van der Waals surface area contributed by atoms with Crippen LogP contribution in [0.2, 0.25) is 5.02 Å². The molecular formula is C6H4Cl2N2O2. The molecule has 0 radical (unpaired) electrons. The molecule has 0 bridgehead atoms. The van der Waals surface area contributed by atoms with Crippen molar-refractivity contribution in [3.63, 3.8) is 0 Å². The van der Waals surface area contributed by atoms with Gasteiger partial charge in [-0.3, -0.25) is 15.0 Å². The Morgan fingerprint density at radius 2 is 2.17 bits per heavy atom. The highest BCUT2D eigenvalue weighted by molar-refractivity contribution is 6.34. The maximum atomic E-state index is 10.4. The van der Waals surface area contributed by atoms with Crippen molar-refractivity contribution in [3.05, 3.63) is 33.3 Å². The van der Waals surface area contributed by atoms with Crippen LogP contribution >= 0.6 is 23.4 Å². The van der Waals surface area contributed by atoms with Crippen LogP contribution in [0.5, 0.6) is 0 Å². The molecule has 0 spiro atoms. The zero-order valence-electron chi connectivity index (χ0n) is 5.75. The highest BCUT2D eigenvalue weighted by Gasteiger charge is 2.17. The summed E-state index contributed by atoms with van der Waals surface area (Å²) < 4.78 is 0. The monoisotopic (exact) mass is 206 g/mol. The van der Waals surface area contributed by atoms with Crippen molar-refractivity contribution >= 4 is 34.8 Å². The van der Waals surface area contributed by atoms with E-state index in [4.69, 9.17) is 23.4 Å². The van der Waals surface area contributed by atoms with Crippen molar-refractivity contribution in [3.8, 4) is 0 Å². The fourth-order valence-electron chi connectivity index (χ4n) is 0.777. The molecule has 1 N–H and O–H groups in total. The zero-order valence-corrected chi connectivity index (χ0v) is 7.26. The predicted molar refractivity (Wildman–Crippen MR) is 47.6 cm³/mol. The van der Waals surface area contributed by atoms with E-state index < -0.39 is 4.92 Å². The lowest BCUT2D eigenvalue weighted by molar-refractivity contribution is -0.383. The Morgan fingerprint density at radius 3 is 2.58 bits per heavy atom. The number of nitro benzene ring substituents is 1. The van der Waals surface area contributed by atoms with Gasteiger partial charge in [-0.2, -0.15) is 0 Å². The van der Waals surface area contributed by atoms with Gasteiger partial charge in [-0.1, -0.05) is 17.7 Å². The number of nitrogens with one attached hydrogen (secondary N) is 1. The Labute approximate surface area is 78.4 Å². The minimum atomic E-state index is -0.590. The molecule has 0 unspecified atom stereocenters. The number of anilines is 1. The van der Waals surface area contributed by atoms with Gasteiger partial charge in [-0.15, -0.1) is 0 Å². The first-order valence-corrected chi connectivity index (χ1v) is 3.72. The molecule has 1 rings (SSSR count). The van der Waals surface area contributed by atoms with Crippen LogP contribution in [0.4, 0.5) is 11.4 Å². The number of rotatable bonds is 2. The van der Waals surface area contributed by atoms with Gasteiger partial charge in [0, 0.05) is 11.8 Å². The van der Waals surface area contributed by atoms with E-state index in [1.807, 2.05) is 0 Å². The van der Waals surface area contributed by atoms with Gasteiger partial charge in [0.15, 0.2) is 0 Å². The summed E-state index contributed by atoms with van der Waals surface area (Å²) in [5.41, 5.74) is -0.0247. The van der Waals surface area contributed by atoms with Crippen molar-refractivity contribution in [1.82, 2.24) is 0 Å². The minimum absolute atomic E-state index is 0.0608. The van der Waals surface area contributed by atoms with Gasteiger partial charge in [-0.05, 0) is 12.1 Å². The Bertz CT molecular complexity index is 316. The summed E-state index contributed by atoms with van der Waals surface area (Å²) in [6, 6.07) is 4.47. The van der Waals surface area contributed by atoms with E-state index in [-0.39, 0.29) is 16.4 Å². The van der Waals surface area contributed by atoms with Crippen LogP contribution in [-0.4, -0.2) is 4.92 Å². The molecule has 0 saturated carbocycles. The Balaban J connectivity index is 3.29. The Morgan fingerprint density at radius 1 is 1.50 bits per heavy atom. The van der Waals surface area contributed by atoms with Gasteiger partial charge in [-0.25, -0.2) is 0 Å². The summed E-state index contributed by atoms with van der Waals surface area (Å²) in [5, 5.41) is 10.5. The fourth-order valence-corrected chi connectivity index (χ4v) is 1.17. The highest BCUT2D eigenvalue weighted by atomic mass is 35.5. The highest BCUT2D eigenvalue weighted by Crippen LogP contribution is 2.32. The molecule has 12 heavy (non-hydrogen) atoms. The molecule has 0 heterocycles. The first-order valence-electron chi connectivity index (χ1n) is 2.96. The molecule has 0 aliphatic rings. The number of para-hydroxylation sites is 1. The molecule has 0 atom stereocenters. The predicted octanol–water partition coefficient (Wildman–Crippen LogP) is 2.81. The van der Waals surface area contributed by atoms with Crippen molar-refractivity contribution < 1.29 is 4.92 Å². The van der Waals surface area contributed by atoms with Gasteiger partial charge >= 0.3 is 5.69 Å². The molecule has 0 amide bonds. The molecule has 0 aliphatic carbocycles. The van der Waals surface area contributed by atoms with Crippen LogP contribution in [0, 0.1) is 10.1 Å². The van der Waals surface area contributed by atoms with Crippen LogP contribution in [0.15, 0.2) is 18.2 Å². The second-order valence-corrected chi connectivity index (χ2v) is 2.58. The second kappa shape index (κ2) is 3.60. The Hall–Kier alpha value is -1.00. The molecule has 1 aromatic rings. The van der Waals surface area contributed by atoms with Crippen LogP contribution in [0.3, 0.4) is 0 Å². The maximum absolute atomic E-state index is 10.4. The molecule has 0 aliphatic heterocycles. The molecule has 4 nitrogen and oxygen atoms in total. The average Bonchev–Trinajstić information content (AvgIpc) is 2.03. The number of hydrogen-bond acceptors (Lipinski definition) is 3. The standard InChI is InChI=1S/C6H4Cl2N2O2/c7-4-2-1-3-5(9-8)6(4)10(11)12/h1-3,9H. The summed E-state index contributed by atoms with van der Waals surface area (Å²) in [4.78, 5) is 12.0. The topological polar surface area (TPSA) is 55.2 Å². The van der Waals surface area contributed by atoms with Gasteiger partial charge in [0.1, 0.15) is 10.7 Å². The van der Waals surface area contributed by atoms with Crippen LogP contribution in [0.25, 0.3) is 0 Å². The SMILES string of the molecule is O=[N+]([O-])c1c(Cl)cccc1NCl. The van der Waals surface area contributed by atoms with E-state index >= 15 is 0 Å². The summed E-state index contributed by atoms with van der Waals surface area (Å²) in [7, 11) is 0. The van der Waals surface area contributed by atoms with Gasteiger partial charge in [0.05, 0.1) is 4.92 Å². The third-order valence-corrected chi connectivity index (χ3v) is 1.78. The zero-order chi connectivity index (χ0) is 9.14. The third kappa shape index (κ3) is 1.60. The molecule has 1 aromatic carbocycles. The number of benzene rings is 1.